The van der Waals surface area contributed by atoms with Crippen LogP contribution in [0.3, 0.4) is 0 Å². The molecule has 2 nitrogen and oxygen atoms in total. The molecule has 0 saturated heterocycles. The fourth-order valence-corrected chi connectivity index (χ4v) is 1.88. The monoisotopic (exact) mass is 248 g/mol. The zero-order chi connectivity index (χ0) is 12.9. The zero-order valence-corrected chi connectivity index (χ0v) is 10.2. The van der Waals surface area contributed by atoms with Gasteiger partial charge in [-0.25, -0.2) is 0 Å². The molecule has 1 N–H and O–H groups in total. The van der Waals surface area contributed by atoms with Crippen LogP contribution < -0.4 is 5.32 Å². The van der Waals surface area contributed by atoms with E-state index in [0.29, 0.717) is 6.54 Å². The van der Waals surface area contributed by atoms with Gasteiger partial charge in [-0.2, -0.15) is 13.2 Å². The number of rotatable bonds is 6. The first kappa shape index (κ1) is 14.1. The van der Waals surface area contributed by atoms with Crippen molar-refractivity contribution in [2.75, 3.05) is 6.54 Å². The van der Waals surface area contributed by atoms with Crippen LogP contribution in [0, 0.1) is 0 Å². The van der Waals surface area contributed by atoms with E-state index >= 15 is 0 Å². The molecule has 0 fully saturated rings. The van der Waals surface area contributed by atoms with Crippen molar-refractivity contribution >= 4 is 0 Å². The van der Waals surface area contributed by atoms with Gasteiger partial charge in [-0.3, -0.25) is 0 Å². The summed E-state index contributed by atoms with van der Waals surface area (Å²) in [7, 11) is 0. The topological polar surface area (TPSA) is 17.0 Å². The van der Waals surface area contributed by atoms with E-state index < -0.39 is 12.6 Å². The number of aryl methyl sites for hydroxylation is 1. The van der Waals surface area contributed by atoms with E-state index in [-0.39, 0.29) is 12.5 Å². The average molecular weight is 248 g/mol. The molecule has 1 heterocycles. The van der Waals surface area contributed by atoms with Crippen LogP contribution in [-0.2, 0) is 6.54 Å². The Morgan fingerprint density at radius 2 is 2.12 bits per heavy atom. The lowest BCUT2D eigenvalue weighted by Crippen LogP contribution is -2.21. The highest BCUT2D eigenvalue weighted by atomic mass is 19.4. The summed E-state index contributed by atoms with van der Waals surface area (Å²) in [6.07, 6.45) is -2.82. The maximum absolute atomic E-state index is 12.0. The van der Waals surface area contributed by atoms with Gasteiger partial charge in [0.2, 0.25) is 0 Å². The van der Waals surface area contributed by atoms with E-state index in [4.69, 9.17) is 0 Å². The summed E-state index contributed by atoms with van der Waals surface area (Å²) in [5, 5.41) is 3.25. The van der Waals surface area contributed by atoms with Crippen LogP contribution in [0.5, 0.6) is 0 Å². The lowest BCUT2D eigenvalue weighted by molar-refractivity contribution is -0.135. The minimum atomic E-state index is -4.05. The highest BCUT2D eigenvalue weighted by Crippen LogP contribution is 2.22. The van der Waals surface area contributed by atoms with E-state index in [0.717, 1.165) is 12.2 Å². The molecule has 1 rings (SSSR count). The number of hydrogen-bond donors (Lipinski definition) is 1. The molecule has 1 atom stereocenters. The quantitative estimate of drug-likeness (QED) is 0.815. The van der Waals surface area contributed by atoms with E-state index in [2.05, 4.69) is 5.32 Å². The summed E-state index contributed by atoms with van der Waals surface area (Å²) in [6.45, 7) is 5.28. The molecule has 0 aliphatic rings. The predicted octanol–water partition coefficient (Wildman–Crippen LogP) is 3.50. The van der Waals surface area contributed by atoms with Gasteiger partial charge in [0.05, 0.1) is 0 Å². The molecule has 1 aromatic heterocycles. The molecule has 5 heteroatoms. The normalized spacial score (nSPS) is 13.9. The molecule has 1 unspecified atom stereocenters. The zero-order valence-electron chi connectivity index (χ0n) is 10.2. The summed E-state index contributed by atoms with van der Waals surface area (Å²) in [4.78, 5) is 0. The summed E-state index contributed by atoms with van der Waals surface area (Å²) in [5.41, 5.74) is 1.04. The third kappa shape index (κ3) is 4.81. The highest BCUT2D eigenvalue weighted by Gasteiger charge is 2.26. The fourth-order valence-electron chi connectivity index (χ4n) is 1.88. The molecule has 0 aromatic carbocycles. The van der Waals surface area contributed by atoms with Gasteiger partial charge in [-0.05, 0) is 32.0 Å². The average Bonchev–Trinajstić information content (AvgIpc) is 2.64. The van der Waals surface area contributed by atoms with Crippen LogP contribution >= 0.6 is 0 Å². The second-order valence-corrected chi connectivity index (χ2v) is 4.12. The number of nitrogens with zero attached hydrogens (tertiary/aromatic N) is 1. The van der Waals surface area contributed by atoms with Crippen LogP contribution in [0.4, 0.5) is 13.2 Å². The Hall–Kier alpha value is -0.970. The first-order valence-corrected chi connectivity index (χ1v) is 5.89. The van der Waals surface area contributed by atoms with Crippen molar-refractivity contribution in [1.29, 1.82) is 0 Å². The fraction of sp³-hybridized carbons (Fsp3) is 0.667. The van der Waals surface area contributed by atoms with Crippen molar-refractivity contribution in [1.82, 2.24) is 9.88 Å². The van der Waals surface area contributed by atoms with Crippen LogP contribution in [-0.4, -0.2) is 17.3 Å². The van der Waals surface area contributed by atoms with E-state index in [1.54, 1.807) is 0 Å². The van der Waals surface area contributed by atoms with Crippen molar-refractivity contribution in [3.63, 3.8) is 0 Å². The van der Waals surface area contributed by atoms with Crippen LogP contribution in [0.15, 0.2) is 18.3 Å². The highest BCUT2D eigenvalue weighted by molar-refractivity contribution is 5.11. The van der Waals surface area contributed by atoms with Gasteiger partial charge in [0.1, 0.15) is 0 Å². The Kier molecular flexibility index (Phi) is 5.05. The summed E-state index contributed by atoms with van der Waals surface area (Å²) >= 11 is 0. The van der Waals surface area contributed by atoms with Gasteiger partial charge >= 0.3 is 6.18 Å². The smallest absolute Gasteiger partial charge is 0.350 e. The molecule has 0 spiro atoms. The second kappa shape index (κ2) is 6.10. The number of hydrogen-bond acceptors (Lipinski definition) is 1. The number of aromatic nitrogens is 1. The predicted molar refractivity (Wildman–Crippen MR) is 61.8 cm³/mol. The van der Waals surface area contributed by atoms with Crippen molar-refractivity contribution in [3.8, 4) is 0 Å². The maximum Gasteiger partial charge on any atom is 0.389 e. The lowest BCUT2D eigenvalue weighted by atomic mass is 10.2. The molecule has 98 valence electrons. The summed E-state index contributed by atoms with van der Waals surface area (Å²) < 4.78 is 38.0. The van der Waals surface area contributed by atoms with E-state index in [1.807, 2.05) is 36.7 Å². The van der Waals surface area contributed by atoms with Gasteiger partial charge < -0.3 is 9.88 Å². The van der Waals surface area contributed by atoms with Crippen molar-refractivity contribution in [3.05, 3.63) is 24.0 Å². The molecule has 0 aliphatic heterocycles. The molecule has 0 saturated carbocycles. The molecule has 1 aromatic rings. The molecular formula is C12H19F3N2. The summed E-state index contributed by atoms with van der Waals surface area (Å²) in [6, 6.07) is 3.98. The van der Waals surface area contributed by atoms with Crippen LogP contribution in [0.2, 0.25) is 0 Å². The Balaban J connectivity index is 2.51. The number of halogens is 3. The molecule has 17 heavy (non-hydrogen) atoms. The first-order valence-electron chi connectivity index (χ1n) is 5.89. The summed E-state index contributed by atoms with van der Waals surface area (Å²) in [5.74, 6) is 0. The van der Waals surface area contributed by atoms with Gasteiger partial charge in [-0.1, -0.05) is 6.92 Å². The van der Waals surface area contributed by atoms with Crippen LogP contribution in [0.1, 0.15) is 38.4 Å². The Labute approximate surface area is 99.8 Å². The lowest BCUT2D eigenvalue weighted by Gasteiger charge is -2.16. The molecular weight excluding hydrogens is 229 g/mol. The number of alkyl halides is 3. The largest absolute Gasteiger partial charge is 0.389 e. The molecule has 0 radical (unpaired) electrons. The van der Waals surface area contributed by atoms with Crippen LogP contribution in [0.25, 0.3) is 0 Å². The number of nitrogens with one attached hydrogen (secondary N) is 1. The Morgan fingerprint density at radius 3 is 2.71 bits per heavy atom. The Bertz CT molecular complexity index is 331. The molecule has 0 aliphatic carbocycles. The SMILES string of the molecule is CCNC(C)c1cccn1CCCC(F)(F)F. The third-order valence-corrected chi connectivity index (χ3v) is 2.68. The molecule has 0 amide bonds. The standard InChI is InChI=1S/C12H19F3N2/c1-3-16-10(2)11-6-4-8-17(11)9-5-7-12(13,14)15/h4,6,8,10,16H,3,5,7,9H2,1-2H3. The third-order valence-electron chi connectivity index (χ3n) is 2.68. The van der Waals surface area contributed by atoms with Gasteiger partial charge in [-0.15, -0.1) is 0 Å². The van der Waals surface area contributed by atoms with E-state index in [9.17, 15) is 13.2 Å². The second-order valence-electron chi connectivity index (χ2n) is 4.12. The van der Waals surface area contributed by atoms with Crippen molar-refractivity contribution < 1.29 is 13.2 Å². The van der Waals surface area contributed by atoms with Crippen molar-refractivity contribution in [2.45, 2.75) is 45.5 Å². The van der Waals surface area contributed by atoms with Gasteiger partial charge in [0, 0.05) is 30.9 Å². The maximum atomic E-state index is 12.0. The minimum Gasteiger partial charge on any atom is -0.350 e. The first-order chi connectivity index (χ1) is 7.94. The van der Waals surface area contributed by atoms with E-state index in [1.165, 1.54) is 0 Å². The minimum absolute atomic E-state index is 0.129. The van der Waals surface area contributed by atoms with Crippen molar-refractivity contribution in [2.24, 2.45) is 0 Å². The molecule has 0 bridgehead atoms. The van der Waals surface area contributed by atoms with Gasteiger partial charge in [0.25, 0.3) is 0 Å². The Morgan fingerprint density at radius 1 is 1.41 bits per heavy atom. The van der Waals surface area contributed by atoms with Gasteiger partial charge in [0.15, 0.2) is 0 Å².